The molecule has 0 spiro atoms. The number of aliphatic hydroxyl groups excluding tert-OH is 1. The van der Waals surface area contributed by atoms with Gasteiger partial charge in [0.15, 0.2) is 10.8 Å². The summed E-state index contributed by atoms with van der Waals surface area (Å²) >= 11 is 7.69. The highest BCUT2D eigenvalue weighted by Crippen LogP contribution is 2.40. The Morgan fingerprint density at radius 2 is 2.19 bits per heavy atom. The number of amides is 3. The molecule has 2 atom stereocenters. The standard InChI is InChI=1S/C16H16ClN5O7S2/c1-29-21-9(7-5-31-16(18-7)19-8(24)2-17)12(25)20-10-13(26)22-11(15(27)28)6(3-23)4-30-14(10)22/h5,10,14,23H,2-4H2,1H3,(H,20,25)(H,27,28)(H,18,19,24)/t10?,14-/m0/s1. The molecule has 4 N–H and O–H groups in total. The lowest BCUT2D eigenvalue weighted by Crippen LogP contribution is -2.71. The van der Waals surface area contributed by atoms with E-state index in [1.54, 1.807) is 0 Å². The number of aliphatic carboxylic acids is 1. The molecular weight excluding hydrogens is 474 g/mol. The van der Waals surface area contributed by atoms with Gasteiger partial charge in [-0.1, -0.05) is 5.16 Å². The summed E-state index contributed by atoms with van der Waals surface area (Å²) in [7, 11) is 1.23. The molecule has 2 aliphatic heterocycles. The Morgan fingerprint density at radius 1 is 1.45 bits per heavy atom. The maximum Gasteiger partial charge on any atom is 0.352 e. The van der Waals surface area contributed by atoms with Crippen LogP contribution >= 0.6 is 34.7 Å². The van der Waals surface area contributed by atoms with Crippen LogP contribution in [0.25, 0.3) is 0 Å². The first kappa shape index (κ1) is 23.0. The lowest BCUT2D eigenvalue weighted by Gasteiger charge is -2.49. The van der Waals surface area contributed by atoms with E-state index < -0.39 is 41.7 Å². The summed E-state index contributed by atoms with van der Waals surface area (Å²) in [6.45, 7) is -0.487. The molecule has 0 aliphatic carbocycles. The molecule has 3 amide bonds. The first-order valence-electron chi connectivity index (χ1n) is 8.56. The number of β-lactam (4-membered cyclic amide) rings is 1. The minimum Gasteiger partial charge on any atom is -0.477 e. The van der Waals surface area contributed by atoms with Crippen LogP contribution in [0.3, 0.4) is 0 Å². The number of aromatic nitrogens is 1. The molecule has 1 saturated heterocycles. The highest BCUT2D eigenvalue weighted by Gasteiger charge is 2.54. The number of halogens is 1. The van der Waals surface area contributed by atoms with Crippen molar-refractivity contribution in [1.82, 2.24) is 15.2 Å². The lowest BCUT2D eigenvalue weighted by molar-refractivity contribution is -0.150. The van der Waals surface area contributed by atoms with Crippen LogP contribution in [0, 0.1) is 0 Å². The number of carboxylic acids is 1. The van der Waals surface area contributed by atoms with E-state index in [4.69, 9.17) is 16.4 Å². The number of anilines is 1. The van der Waals surface area contributed by atoms with Crippen LogP contribution in [0.1, 0.15) is 5.69 Å². The predicted molar refractivity (Wildman–Crippen MR) is 112 cm³/mol. The normalized spacial score (nSPS) is 20.7. The van der Waals surface area contributed by atoms with Gasteiger partial charge in [0.1, 0.15) is 35.8 Å². The number of hydrogen-bond donors (Lipinski definition) is 4. The fourth-order valence-electron chi connectivity index (χ4n) is 2.90. The van der Waals surface area contributed by atoms with Crippen LogP contribution in [0.15, 0.2) is 21.8 Å². The molecule has 1 fully saturated rings. The zero-order chi connectivity index (χ0) is 22.7. The molecule has 0 saturated carbocycles. The van der Waals surface area contributed by atoms with Crippen molar-refractivity contribution in [2.45, 2.75) is 11.4 Å². The van der Waals surface area contributed by atoms with Gasteiger partial charge in [-0.05, 0) is 5.57 Å². The Labute approximate surface area is 188 Å². The number of fused-ring (bicyclic) bond motifs is 1. The van der Waals surface area contributed by atoms with Crippen molar-refractivity contribution in [1.29, 1.82) is 0 Å². The molecule has 3 heterocycles. The maximum atomic E-state index is 12.8. The topological polar surface area (TPSA) is 171 Å². The van der Waals surface area contributed by atoms with E-state index >= 15 is 0 Å². The molecule has 0 aromatic carbocycles. The first-order chi connectivity index (χ1) is 14.8. The SMILES string of the molecule is CON=C(C(=O)NC1C(=O)N2C(C(=O)O)=C(CO)CS[C@@H]12)c1csc(NC(=O)CCl)n1. The number of thiazole rings is 1. The number of rotatable bonds is 8. The fraction of sp³-hybridized carbons (Fsp3) is 0.375. The summed E-state index contributed by atoms with van der Waals surface area (Å²) in [4.78, 5) is 58.1. The molecule has 166 valence electrons. The highest BCUT2D eigenvalue weighted by molar-refractivity contribution is 8.00. The summed E-state index contributed by atoms with van der Waals surface area (Å²) in [5.41, 5.74) is -0.181. The van der Waals surface area contributed by atoms with E-state index in [1.807, 2.05) is 0 Å². The number of hydrogen-bond acceptors (Lipinski definition) is 10. The molecule has 1 aromatic rings. The van der Waals surface area contributed by atoms with Crippen LogP contribution in [-0.2, 0) is 24.0 Å². The van der Waals surface area contributed by atoms with Crippen molar-refractivity contribution < 1.29 is 34.2 Å². The van der Waals surface area contributed by atoms with Crippen LogP contribution in [0.4, 0.5) is 5.13 Å². The van der Waals surface area contributed by atoms with Gasteiger partial charge in [0, 0.05) is 11.1 Å². The van der Waals surface area contributed by atoms with E-state index in [-0.39, 0.29) is 39.4 Å². The predicted octanol–water partition coefficient (Wildman–Crippen LogP) is -0.598. The van der Waals surface area contributed by atoms with E-state index in [0.717, 1.165) is 16.2 Å². The number of nitrogens with one attached hydrogen (secondary N) is 2. The Bertz CT molecular complexity index is 995. The van der Waals surface area contributed by atoms with Crippen LogP contribution < -0.4 is 10.6 Å². The molecule has 1 unspecified atom stereocenters. The highest BCUT2D eigenvalue weighted by atomic mass is 35.5. The summed E-state index contributed by atoms with van der Waals surface area (Å²) in [5, 5.41) is 28.4. The van der Waals surface area contributed by atoms with Crippen molar-refractivity contribution in [2.24, 2.45) is 5.16 Å². The first-order valence-corrected chi connectivity index (χ1v) is 11.0. The Kier molecular flexibility index (Phi) is 7.15. The largest absolute Gasteiger partial charge is 0.477 e. The lowest BCUT2D eigenvalue weighted by atomic mass is 10.0. The molecule has 12 nitrogen and oxygen atoms in total. The molecular formula is C16H16ClN5O7S2. The summed E-state index contributed by atoms with van der Waals surface area (Å²) in [5.74, 6) is -3.26. The number of carboxylic acid groups (broad SMARTS) is 1. The van der Waals surface area contributed by atoms with E-state index in [2.05, 4.69) is 20.8 Å². The van der Waals surface area contributed by atoms with Crippen LogP contribution in [0.2, 0.25) is 0 Å². The molecule has 15 heteroatoms. The van der Waals surface area contributed by atoms with Gasteiger partial charge in [-0.2, -0.15) is 0 Å². The zero-order valence-electron chi connectivity index (χ0n) is 15.8. The number of nitrogens with zero attached hydrogens (tertiary/aromatic N) is 3. The van der Waals surface area contributed by atoms with Crippen molar-refractivity contribution in [2.75, 3.05) is 30.7 Å². The number of aliphatic hydroxyl groups is 1. The molecule has 1 aromatic heterocycles. The van der Waals surface area contributed by atoms with Gasteiger partial charge >= 0.3 is 5.97 Å². The van der Waals surface area contributed by atoms with Gasteiger partial charge < -0.3 is 25.7 Å². The third-order valence-corrected chi connectivity index (χ3v) is 6.58. The van der Waals surface area contributed by atoms with Crippen molar-refractivity contribution in [3.63, 3.8) is 0 Å². The van der Waals surface area contributed by atoms with E-state index in [1.165, 1.54) is 24.3 Å². The Morgan fingerprint density at radius 3 is 2.81 bits per heavy atom. The second-order valence-electron chi connectivity index (χ2n) is 6.12. The van der Waals surface area contributed by atoms with Crippen molar-refractivity contribution in [3.8, 4) is 0 Å². The number of oxime groups is 1. The van der Waals surface area contributed by atoms with Crippen LogP contribution in [-0.4, -0.2) is 86.3 Å². The minimum absolute atomic E-state index is 0.0998. The van der Waals surface area contributed by atoms with Gasteiger partial charge in [0.05, 0.1) is 6.61 Å². The minimum atomic E-state index is -1.33. The van der Waals surface area contributed by atoms with Gasteiger partial charge in [0.25, 0.3) is 11.8 Å². The third-order valence-electron chi connectivity index (χ3n) is 4.24. The fourth-order valence-corrected chi connectivity index (χ4v) is 5.02. The maximum absolute atomic E-state index is 12.8. The Hall–Kier alpha value is -2.68. The number of carbonyl (C=O) groups excluding carboxylic acids is 3. The average molecular weight is 490 g/mol. The molecule has 0 radical (unpaired) electrons. The zero-order valence-corrected chi connectivity index (χ0v) is 18.2. The van der Waals surface area contributed by atoms with Crippen LogP contribution in [0.5, 0.6) is 0 Å². The molecule has 0 bridgehead atoms. The van der Waals surface area contributed by atoms with Crippen molar-refractivity contribution in [3.05, 3.63) is 22.3 Å². The molecule has 3 rings (SSSR count). The number of carbonyl (C=O) groups is 4. The second-order valence-corrected chi connectivity index (χ2v) is 8.35. The van der Waals surface area contributed by atoms with Gasteiger partial charge in [-0.3, -0.25) is 19.3 Å². The monoisotopic (exact) mass is 489 g/mol. The Balaban J connectivity index is 1.75. The molecule has 31 heavy (non-hydrogen) atoms. The quantitative estimate of drug-likeness (QED) is 0.161. The average Bonchev–Trinajstić information content (AvgIpc) is 3.21. The summed E-state index contributed by atoms with van der Waals surface area (Å²) in [6.07, 6.45) is 0. The molecule has 2 aliphatic rings. The van der Waals surface area contributed by atoms with Gasteiger partial charge in [0.2, 0.25) is 5.91 Å². The summed E-state index contributed by atoms with van der Waals surface area (Å²) in [6, 6.07) is -0.997. The van der Waals surface area contributed by atoms with E-state index in [9.17, 15) is 29.4 Å². The van der Waals surface area contributed by atoms with Gasteiger partial charge in [-0.25, -0.2) is 9.78 Å². The third kappa shape index (κ3) is 4.51. The number of alkyl halides is 1. The van der Waals surface area contributed by atoms with E-state index in [0.29, 0.717) is 0 Å². The smallest absolute Gasteiger partial charge is 0.352 e. The van der Waals surface area contributed by atoms with Crippen molar-refractivity contribution >= 4 is 69.2 Å². The summed E-state index contributed by atoms with van der Waals surface area (Å²) < 4.78 is 0. The van der Waals surface area contributed by atoms with Gasteiger partial charge in [-0.15, -0.1) is 34.7 Å². The number of thioether (sulfide) groups is 1. The second kappa shape index (κ2) is 9.64.